The lowest BCUT2D eigenvalue weighted by Gasteiger charge is -2.24. The van der Waals surface area contributed by atoms with Gasteiger partial charge in [0.15, 0.2) is 0 Å². The van der Waals surface area contributed by atoms with Crippen molar-refractivity contribution in [2.45, 2.75) is 63.2 Å². The van der Waals surface area contributed by atoms with E-state index in [2.05, 4.69) is 5.32 Å². The molecule has 1 aliphatic heterocycles. The molecule has 1 aliphatic carbocycles. The van der Waals surface area contributed by atoms with Crippen LogP contribution in [0.4, 0.5) is 0 Å². The maximum atomic E-state index is 5.81. The monoisotopic (exact) mass is 212 g/mol. The first-order valence-electron chi connectivity index (χ1n) is 6.47. The van der Waals surface area contributed by atoms with Gasteiger partial charge >= 0.3 is 0 Å². The third-order valence-corrected chi connectivity index (χ3v) is 3.70. The first-order chi connectivity index (χ1) is 7.38. The second-order valence-corrected chi connectivity index (χ2v) is 4.94. The number of nitrogens with one attached hydrogen (secondary N) is 1. The second-order valence-electron chi connectivity index (χ2n) is 4.94. The highest BCUT2D eigenvalue weighted by atomic mass is 16.5. The van der Waals surface area contributed by atoms with E-state index in [4.69, 9.17) is 10.5 Å². The van der Waals surface area contributed by atoms with Crippen LogP contribution in [0.5, 0.6) is 0 Å². The highest BCUT2D eigenvalue weighted by Crippen LogP contribution is 2.20. The van der Waals surface area contributed by atoms with E-state index in [1.54, 1.807) is 0 Å². The minimum absolute atomic E-state index is 0.322. The van der Waals surface area contributed by atoms with E-state index in [0.717, 1.165) is 19.0 Å². The fraction of sp³-hybridized carbons (Fsp3) is 1.00. The minimum Gasteiger partial charge on any atom is -0.372 e. The molecular formula is C12H24N2O. The van der Waals surface area contributed by atoms with Crippen molar-refractivity contribution >= 4 is 0 Å². The van der Waals surface area contributed by atoms with Gasteiger partial charge in [-0.05, 0) is 25.7 Å². The Hall–Kier alpha value is -0.120. The zero-order valence-electron chi connectivity index (χ0n) is 9.58. The molecule has 0 aromatic heterocycles. The third-order valence-electron chi connectivity index (χ3n) is 3.70. The molecule has 0 amide bonds. The predicted octanol–water partition coefficient (Wildman–Crippen LogP) is 1.41. The summed E-state index contributed by atoms with van der Waals surface area (Å²) in [6, 6.07) is 0.749. The minimum atomic E-state index is 0.322. The number of ether oxygens (including phenoxy) is 1. The van der Waals surface area contributed by atoms with E-state index in [-0.39, 0.29) is 0 Å². The van der Waals surface area contributed by atoms with Gasteiger partial charge in [0.2, 0.25) is 0 Å². The van der Waals surface area contributed by atoms with Crippen LogP contribution in [0.25, 0.3) is 0 Å². The van der Waals surface area contributed by atoms with Gasteiger partial charge in [-0.2, -0.15) is 0 Å². The summed E-state index contributed by atoms with van der Waals surface area (Å²) < 4.78 is 5.81. The molecule has 3 nitrogen and oxygen atoms in total. The fourth-order valence-electron chi connectivity index (χ4n) is 2.71. The molecule has 1 saturated carbocycles. The molecule has 0 aromatic carbocycles. The zero-order valence-corrected chi connectivity index (χ0v) is 9.58. The van der Waals surface area contributed by atoms with Gasteiger partial charge in [-0.15, -0.1) is 0 Å². The lowest BCUT2D eigenvalue weighted by Crippen LogP contribution is -2.37. The summed E-state index contributed by atoms with van der Waals surface area (Å²) in [6.07, 6.45) is 10.00. The Balaban J connectivity index is 1.61. The summed E-state index contributed by atoms with van der Waals surface area (Å²) in [4.78, 5) is 0. The van der Waals surface area contributed by atoms with Crippen molar-refractivity contribution in [2.75, 3.05) is 13.1 Å². The van der Waals surface area contributed by atoms with Crippen LogP contribution in [0.3, 0.4) is 0 Å². The van der Waals surface area contributed by atoms with Crippen molar-refractivity contribution < 1.29 is 4.74 Å². The van der Waals surface area contributed by atoms with Crippen molar-refractivity contribution in [3.05, 3.63) is 0 Å². The molecular weight excluding hydrogens is 188 g/mol. The fourth-order valence-corrected chi connectivity index (χ4v) is 2.71. The summed E-state index contributed by atoms with van der Waals surface area (Å²) in [5, 5.41) is 3.64. The molecule has 1 saturated heterocycles. The van der Waals surface area contributed by atoms with Gasteiger partial charge in [0, 0.05) is 19.1 Å². The predicted molar refractivity (Wildman–Crippen MR) is 61.8 cm³/mol. The average molecular weight is 212 g/mol. The standard InChI is InChI=1S/C12H24N2O/c13-8-11-6-7-12(15-11)9-14-10-4-2-1-3-5-10/h10-12,14H,1-9,13H2. The Bertz CT molecular complexity index is 180. The molecule has 15 heavy (non-hydrogen) atoms. The SMILES string of the molecule is NCC1CCC(CNC2CCCCC2)O1. The number of rotatable bonds is 4. The molecule has 0 radical (unpaired) electrons. The number of nitrogens with two attached hydrogens (primary N) is 1. The molecule has 3 heteroatoms. The molecule has 0 spiro atoms. The maximum absolute atomic E-state index is 5.81. The average Bonchev–Trinajstić information content (AvgIpc) is 2.76. The molecule has 88 valence electrons. The molecule has 2 rings (SSSR count). The van der Waals surface area contributed by atoms with E-state index in [9.17, 15) is 0 Å². The van der Waals surface area contributed by atoms with Crippen LogP contribution < -0.4 is 11.1 Å². The van der Waals surface area contributed by atoms with Crippen LogP contribution >= 0.6 is 0 Å². The lowest BCUT2D eigenvalue weighted by atomic mass is 9.95. The van der Waals surface area contributed by atoms with Crippen LogP contribution in [0.15, 0.2) is 0 Å². The number of hydrogen-bond acceptors (Lipinski definition) is 3. The van der Waals surface area contributed by atoms with E-state index in [1.165, 1.54) is 38.5 Å². The van der Waals surface area contributed by atoms with E-state index in [0.29, 0.717) is 18.8 Å². The van der Waals surface area contributed by atoms with Gasteiger partial charge in [0.25, 0.3) is 0 Å². The Kier molecular flexibility index (Phi) is 4.42. The van der Waals surface area contributed by atoms with Crippen LogP contribution in [0.1, 0.15) is 44.9 Å². The number of hydrogen-bond donors (Lipinski definition) is 2. The van der Waals surface area contributed by atoms with E-state index >= 15 is 0 Å². The Morgan fingerprint density at radius 1 is 1.00 bits per heavy atom. The van der Waals surface area contributed by atoms with Crippen LogP contribution in [-0.4, -0.2) is 31.3 Å². The third kappa shape index (κ3) is 3.44. The first-order valence-corrected chi connectivity index (χ1v) is 6.47. The molecule has 0 bridgehead atoms. The Morgan fingerprint density at radius 3 is 2.40 bits per heavy atom. The summed E-state index contributed by atoms with van der Waals surface area (Å²) >= 11 is 0. The van der Waals surface area contributed by atoms with Gasteiger partial charge in [-0.1, -0.05) is 19.3 Å². The molecule has 0 aromatic rings. The normalized spacial score (nSPS) is 33.4. The van der Waals surface area contributed by atoms with Crippen LogP contribution in [0, 0.1) is 0 Å². The molecule has 3 N–H and O–H groups in total. The Morgan fingerprint density at radius 2 is 1.73 bits per heavy atom. The smallest absolute Gasteiger partial charge is 0.0704 e. The summed E-state index contributed by atoms with van der Waals surface area (Å²) in [5.41, 5.74) is 5.59. The van der Waals surface area contributed by atoms with Gasteiger partial charge in [0.05, 0.1) is 12.2 Å². The maximum Gasteiger partial charge on any atom is 0.0704 e. The molecule has 2 unspecified atom stereocenters. The van der Waals surface area contributed by atoms with Gasteiger partial charge < -0.3 is 15.8 Å². The first kappa shape index (κ1) is 11.4. The van der Waals surface area contributed by atoms with Gasteiger partial charge in [-0.3, -0.25) is 0 Å². The highest BCUT2D eigenvalue weighted by Gasteiger charge is 2.24. The quantitative estimate of drug-likeness (QED) is 0.741. The van der Waals surface area contributed by atoms with E-state index < -0.39 is 0 Å². The lowest BCUT2D eigenvalue weighted by molar-refractivity contribution is 0.0481. The van der Waals surface area contributed by atoms with Crippen molar-refractivity contribution in [1.29, 1.82) is 0 Å². The topological polar surface area (TPSA) is 47.3 Å². The van der Waals surface area contributed by atoms with Crippen molar-refractivity contribution in [1.82, 2.24) is 5.32 Å². The highest BCUT2D eigenvalue weighted by molar-refractivity contribution is 4.79. The van der Waals surface area contributed by atoms with Crippen molar-refractivity contribution in [3.8, 4) is 0 Å². The van der Waals surface area contributed by atoms with Gasteiger partial charge in [-0.25, -0.2) is 0 Å². The Labute approximate surface area is 92.7 Å². The van der Waals surface area contributed by atoms with Crippen LogP contribution in [0.2, 0.25) is 0 Å². The molecule has 1 heterocycles. The molecule has 2 fully saturated rings. The van der Waals surface area contributed by atoms with Crippen molar-refractivity contribution in [2.24, 2.45) is 5.73 Å². The zero-order chi connectivity index (χ0) is 10.5. The molecule has 2 aliphatic rings. The summed E-state index contributed by atoms with van der Waals surface area (Å²) in [7, 11) is 0. The van der Waals surface area contributed by atoms with Crippen molar-refractivity contribution in [3.63, 3.8) is 0 Å². The van der Waals surface area contributed by atoms with Crippen LogP contribution in [-0.2, 0) is 4.74 Å². The summed E-state index contributed by atoms with van der Waals surface area (Å²) in [5.74, 6) is 0. The largest absolute Gasteiger partial charge is 0.372 e. The van der Waals surface area contributed by atoms with E-state index in [1.807, 2.05) is 0 Å². The second kappa shape index (κ2) is 5.83. The summed E-state index contributed by atoms with van der Waals surface area (Å²) in [6.45, 7) is 1.71. The molecule has 2 atom stereocenters. The van der Waals surface area contributed by atoms with Gasteiger partial charge in [0.1, 0.15) is 0 Å².